The van der Waals surface area contributed by atoms with Crippen LogP contribution in [0.25, 0.3) is 0 Å². The molecular formula is C16H19Cl2N5O. The molecule has 0 unspecified atom stereocenters. The molecule has 0 saturated carbocycles. The summed E-state index contributed by atoms with van der Waals surface area (Å²) in [5.41, 5.74) is 0.787. The summed E-state index contributed by atoms with van der Waals surface area (Å²) < 4.78 is 5.34. The Hall–Kier alpha value is -1.60. The van der Waals surface area contributed by atoms with Crippen LogP contribution in [0.15, 0.2) is 30.5 Å². The van der Waals surface area contributed by atoms with E-state index in [-0.39, 0.29) is 0 Å². The maximum absolute atomic E-state index is 6.02. The van der Waals surface area contributed by atoms with Crippen LogP contribution in [0, 0.1) is 0 Å². The third kappa shape index (κ3) is 4.95. The highest BCUT2D eigenvalue weighted by atomic mass is 35.5. The summed E-state index contributed by atoms with van der Waals surface area (Å²) in [7, 11) is 0. The minimum absolute atomic E-state index is 0.487. The van der Waals surface area contributed by atoms with E-state index in [0.717, 1.165) is 50.9 Å². The molecule has 0 radical (unpaired) electrons. The van der Waals surface area contributed by atoms with Gasteiger partial charge in [-0.1, -0.05) is 23.2 Å². The molecule has 0 spiro atoms. The molecule has 1 aliphatic heterocycles. The minimum atomic E-state index is 0.487. The van der Waals surface area contributed by atoms with Gasteiger partial charge in [0.2, 0.25) is 5.95 Å². The van der Waals surface area contributed by atoms with Crippen LogP contribution in [0.4, 0.5) is 17.5 Å². The third-order valence-electron chi connectivity index (χ3n) is 3.67. The summed E-state index contributed by atoms with van der Waals surface area (Å²) in [6, 6.07) is 7.15. The van der Waals surface area contributed by atoms with Gasteiger partial charge in [0.05, 0.1) is 23.3 Å². The summed E-state index contributed by atoms with van der Waals surface area (Å²) in [6.07, 6.45) is 1.71. The number of aromatic nitrogens is 2. The molecule has 0 atom stereocenters. The number of hydrogen-bond acceptors (Lipinski definition) is 6. The topological polar surface area (TPSA) is 62.3 Å². The van der Waals surface area contributed by atoms with Gasteiger partial charge in [-0.2, -0.15) is 4.98 Å². The van der Waals surface area contributed by atoms with Gasteiger partial charge in [-0.3, -0.25) is 4.90 Å². The van der Waals surface area contributed by atoms with E-state index >= 15 is 0 Å². The number of morpholine rings is 1. The predicted octanol–water partition coefficient (Wildman–Crippen LogP) is 3.27. The van der Waals surface area contributed by atoms with E-state index in [1.807, 2.05) is 12.1 Å². The number of nitrogens with zero attached hydrogens (tertiary/aromatic N) is 3. The van der Waals surface area contributed by atoms with Crippen LogP contribution in [0.2, 0.25) is 10.0 Å². The second-order valence-corrected chi connectivity index (χ2v) is 6.21. The first kappa shape index (κ1) is 17.2. The molecular weight excluding hydrogens is 349 g/mol. The first-order valence-electron chi connectivity index (χ1n) is 7.80. The van der Waals surface area contributed by atoms with Crippen molar-refractivity contribution < 1.29 is 4.74 Å². The molecule has 2 heterocycles. The van der Waals surface area contributed by atoms with Gasteiger partial charge < -0.3 is 15.4 Å². The van der Waals surface area contributed by atoms with Gasteiger partial charge >= 0.3 is 0 Å². The Labute approximate surface area is 151 Å². The first-order valence-corrected chi connectivity index (χ1v) is 8.55. The molecule has 0 amide bonds. The molecule has 1 aromatic heterocycles. The van der Waals surface area contributed by atoms with Gasteiger partial charge in [-0.15, -0.1) is 0 Å². The van der Waals surface area contributed by atoms with Crippen LogP contribution in [-0.4, -0.2) is 54.3 Å². The fourth-order valence-electron chi connectivity index (χ4n) is 2.39. The van der Waals surface area contributed by atoms with Crippen LogP contribution in [0.5, 0.6) is 0 Å². The second-order valence-electron chi connectivity index (χ2n) is 5.40. The molecule has 1 aliphatic rings. The number of benzene rings is 1. The number of rotatable bonds is 6. The lowest BCUT2D eigenvalue weighted by atomic mass is 10.3. The normalized spacial score (nSPS) is 15.2. The summed E-state index contributed by atoms with van der Waals surface area (Å²) in [5, 5.41) is 7.44. The maximum atomic E-state index is 6.02. The molecule has 3 rings (SSSR count). The van der Waals surface area contributed by atoms with Gasteiger partial charge in [0.15, 0.2) is 0 Å². The zero-order chi connectivity index (χ0) is 16.8. The van der Waals surface area contributed by atoms with Gasteiger partial charge in [0.25, 0.3) is 0 Å². The zero-order valence-corrected chi connectivity index (χ0v) is 14.6. The monoisotopic (exact) mass is 367 g/mol. The number of ether oxygens (including phenoxy) is 1. The number of anilines is 3. The Morgan fingerprint density at radius 3 is 2.75 bits per heavy atom. The highest BCUT2D eigenvalue weighted by molar-refractivity contribution is 6.42. The number of halogens is 2. The Bertz CT molecular complexity index is 679. The standard InChI is InChI=1S/C16H19Cl2N5O/c17-13-2-1-12(11-14(13)18)21-16-20-4-3-15(22-16)19-5-6-23-7-9-24-10-8-23/h1-4,11H,5-10H2,(H2,19,20,21,22). The van der Waals surface area contributed by atoms with Gasteiger partial charge in [-0.05, 0) is 24.3 Å². The summed E-state index contributed by atoms with van der Waals surface area (Å²) in [5.74, 6) is 1.28. The lowest BCUT2D eigenvalue weighted by Crippen LogP contribution is -2.39. The average Bonchev–Trinajstić information content (AvgIpc) is 2.60. The molecule has 128 valence electrons. The van der Waals surface area contributed by atoms with Crippen molar-refractivity contribution in [2.75, 3.05) is 50.0 Å². The van der Waals surface area contributed by atoms with Gasteiger partial charge in [-0.25, -0.2) is 4.98 Å². The fraction of sp³-hybridized carbons (Fsp3) is 0.375. The van der Waals surface area contributed by atoms with Crippen molar-refractivity contribution in [2.24, 2.45) is 0 Å². The van der Waals surface area contributed by atoms with Gasteiger partial charge in [0.1, 0.15) is 5.82 Å². The lowest BCUT2D eigenvalue weighted by molar-refractivity contribution is 0.0398. The highest BCUT2D eigenvalue weighted by Gasteiger charge is 2.09. The van der Waals surface area contributed by atoms with Crippen LogP contribution in [0.3, 0.4) is 0 Å². The van der Waals surface area contributed by atoms with Gasteiger partial charge in [0, 0.05) is 38.1 Å². The van der Waals surface area contributed by atoms with E-state index in [0.29, 0.717) is 16.0 Å². The van der Waals surface area contributed by atoms with E-state index in [1.165, 1.54) is 0 Å². The largest absolute Gasteiger partial charge is 0.379 e. The van der Waals surface area contributed by atoms with Crippen molar-refractivity contribution in [3.8, 4) is 0 Å². The number of nitrogens with one attached hydrogen (secondary N) is 2. The molecule has 1 saturated heterocycles. The van der Waals surface area contributed by atoms with E-state index in [1.54, 1.807) is 18.3 Å². The highest BCUT2D eigenvalue weighted by Crippen LogP contribution is 2.26. The van der Waals surface area contributed by atoms with Crippen LogP contribution >= 0.6 is 23.2 Å². The third-order valence-corrected chi connectivity index (χ3v) is 4.41. The van der Waals surface area contributed by atoms with Crippen molar-refractivity contribution in [2.45, 2.75) is 0 Å². The van der Waals surface area contributed by atoms with E-state index < -0.39 is 0 Å². The maximum Gasteiger partial charge on any atom is 0.229 e. The molecule has 24 heavy (non-hydrogen) atoms. The summed E-state index contributed by atoms with van der Waals surface area (Å²) >= 11 is 11.9. The van der Waals surface area contributed by atoms with E-state index in [4.69, 9.17) is 27.9 Å². The zero-order valence-electron chi connectivity index (χ0n) is 13.1. The molecule has 6 nitrogen and oxygen atoms in total. The summed E-state index contributed by atoms with van der Waals surface area (Å²) in [4.78, 5) is 11.0. The average molecular weight is 368 g/mol. The molecule has 2 aromatic rings. The van der Waals surface area contributed by atoms with Crippen LogP contribution in [0.1, 0.15) is 0 Å². The van der Waals surface area contributed by atoms with Crippen LogP contribution in [-0.2, 0) is 4.74 Å². The Balaban J connectivity index is 1.54. The Kier molecular flexibility index (Phi) is 6.09. The lowest BCUT2D eigenvalue weighted by Gasteiger charge is -2.26. The fourth-order valence-corrected chi connectivity index (χ4v) is 2.69. The minimum Gasteiger partial charge on any atom is -0.379 e. The molecule has 1 aromatic carbocycles. The molecule has 2 N–H and O–H groups in total. The summed E-state index contributed by atoms with van der Waals surface area (Å²) in [6.45, 7) is 5.37. The smallest absolute Gasteiger partial charge is 0.229 e. The quantitative estimate of drug-likeness (QED) is 0.816. The Morgan fingerprint density at radius 1 is 1.12 bits per heavy atom. The van der Waals surface area contributed by atoms with E-state index in [2.05, 4.69) is 25.5 Å². The van der Waals surface area contributed by atoms with Crippen molar-refractivity contribution in [1.82, 2.24) is 14.9 Å². The van der Waals surface area contributed by atoms with Crippen molar-refractivity contribution in [1.29, 1.82) is 0 Å². The first-order chi connectivity index (χ1) is 11.7. The van der Waals surface area contributed by atoms with Crippen molar-refractivity contribution in [3.63, 3.8) is 0 Å². The van der Waals surface area contributed by atoms with E-state index in [9.17, 15) is 0 Å². The van der Waals surface area contributed by atoms with Crippen LogP contribution < -0.4 is 10.6 Å². The SMILES string of the molecule is Clc1ccc(Nc2nccc(NCCN3CCOCC3)n2)cc1Cl. The predicted molar refractivity (Wildman–Crippen MR) is 97.5 cm³/mol. The second kappa shape index (κ2) is 8.48. The molecule has 0 bridgehead atoms. The molecule has 8 heteroatoms. The Morgan fingerprint density at radius 2 is 1.96 bits per heavy atom. The number of hydrogen-bond donors (Lipinski definition) is 2. The molecule has 0 aliphatic carbocycles. The van der Waals surface area contributed by atoms with Crippen molar-refractivity contribution >= 4 is 40.7 Å². The van der Waals surface area contributed by atoms with Crippen molar-refractivity contribution in [3.05, 3.63) is 40.5 Å². The molecule has 1 fully saturated rings.